The molecule has 0 saturated heterocycles. The number of nitrogens with zero attached hydrogens (tertiary/aromatic N) is 1. The Bertz CT molecular complexity index is 790. The van der Waals surface area contributed by atoms with Gasteiger partial charge in [0.1, 0.15) is 0 Å². The van der Waals surface area contributed by atoms with Crippen molar-refractivity contribution in [3.05, 3.63) is 59.2 Å². The fourth-order valence-electron chi connectivity index (χ4n) is 2.15. The van der Waals surface area contributed by atoms with E-state index in [9.17, 15) is 4.79 Å². The van der Waals surface area contributed by atoms with Crippen molar-refractivity contribution in [2.45, 2.75) is 13.8 Å². The maximum Gasteiger partial charge on any atom is 0.257 e. The largest absolute Gasteiger partial charge is 0.354 e. The molecular formula is C16H14N2O2. The average Bonchev–Trinajstić information content (AvgIpc) is 2.82. The van der Waals surface area contributed by atoms with Crippen LogP contribution in [-0.4, -0.2) is 11.1 Å². The van der Waals surface area contributed by atoms with Crippen molar-refractivity contribution in [3.8, 4) is 0 Å². The van der Waals surface area contributed by atoms with E-state index in [1.54, 1.807) is 6.07 Å². The second-order valence-corrected chi connectivity index (χ2v) is 4.80. The lowest BCUT2D eigenvalue weighted by Gasteiger charge is -2.05. The number of anilines is 1. The van der Waals surface area contributed by atoms with E-state index < -0.39 is 0 Å². The number of carbonyl (C=O) groups excluding carboxylic acids is 1. The molecule has 4 nitrogen and oxygen atoms in total. The van der Waals surface area contributed by atoms with Crippen LogP contribution >= 0.6 is 0 Å². The molecule has 100 valence electrons. The van der Waals surface area contributed by atoms with Crippen LogP contribution < -0.4 is 5.32 Å². The molecule has 0 spiro atoms. The van der Waals surface area contributed by atoms with Crippen LogP contribution in [0.2, 0.25) is 0 Å². The number of aryl methyl sites for hydroxylation is 2. The fraction of sp³-hybridized carbons (Fsp3) is 0.125. The number of hydrogen-bond donors (Lipinski definition) is 1. The Morgan fingerprint density at radius 2 is 1.95 bits per heavy atom. The minimum absolute atomic E-state index is 0.181. The van der Waals surface area contributed by atoms with Crippen molar-refractivity contribution < 1.29 is 9.32 Å². The maximum absolute atomic E-state index is 12.3. The minimum atomic E-state index is -0.181. The van der Waals surface area contributed by atoms with Crippen LogP contribution in [-0.2, 0) is 0 Å². The number of fused-ring (bicyclic) bond motifs is 1. The highest BCUT2D eigenvalue weighted by Gasteiger charge is 2.14. The Morgan fingerprint density at radius 3 is 2.75 bits per heavy atom. The van der Waals surface area contributed by atoms with Crippen LogP contribution in [0, 0.1) is 13.8 Å². The highest BCUT2D eigenvalue weighted by atomic mass is 16.5. The lowest BCUT2D eigenvalue weighted by Crippen LogP contribution is -2.13. The summed E-state index contributed by atoms with van der Waals surface area (Å²) >= 11 is 0. The van der Waals surface area contributed by atoms with Gasteiger partial charge in [-0.05, 0) is 37.6 Å². The lowest BCUT2D eigenvalue weighted by molar-refractivity contribution is 0.102. The number of aromatic nitrogens is 1. The van der Waals surface area contributed by atoms with Gasteiger partial charge in [-0.25, -0.2) is 0 Å². The van der Waals surface area contributed by atoms with Gasteiger partial charge in [-0.1, -0.05) is 35.0 Å². The van der Waals surface area contributed by atoms with Gasteiger partial charge in [-0.15, -0.1) is 0 Å². The van der Waals surface area contributed by atoms with E-state index in [0.29, 0.717) is 17.0 Å². The van der Waals surface area contributed by atoms with E-state index in [0.717, 1.165) is 16.5 Å². The predicted octanol–water partition coefficient (Wildman–Crippen LogP) is 3.70. The molecule has 0 aliphatic carbocycles. The number of hydrogen-bond acceptors (Lipinski definition) is 3. The van der Waals surface area contributed by atoms with Gasteiger partial charge in [0.15, 0.2) is 11.4 Å². The molecular weight excluding hydrogens is 252 g/mol. The Hall–Kier alpha value is -2.62. The van der Waals surface area contributed by atoms with Gasteiger partial charge in [0.2, 0.25) is 0 Å². The van der Waals surface area contributed by atoms with Crippen LogP contribution in [0.1, 0.15) is 21.5 Å². The molecule has 1 heterocycles. The summed E-state index contributed by atoms with van der Waals surface area (Å²) in [5.74, 6) is 0.275. The average molecular weight is 266 g/mol. The molecule has 0 aliphatic heterocycles. The number of carbonyl (C=O) groups is 1. The van der Waals surface area contributed by atoms with E-state index in [-0.39, 0.29) is 5.91 Å². The second kappa shape index (κ2) is 4.81. The highest BCUT2D eigenvalue weighted by Crippen LogP contribution is 2.24. The molecule has 1 N–H and O–H groups in total. The van der Waals surface area contributed by atoms with E-state index in [1.165, 1.54) is 0 Å². The summed E-state index contributed by atoms with van der Waals surface area (Å²) < 4.78 is 5.21. The van der Waals surface area contributed by atoms with Crippen molar-refractivity contribution >= 4 is 22.7 Å². The van der Waals surface area contributed by atoms with Crippen LogP contribution in [0.15, 0.2) is 47.0 Å². The third kappa shape index (κ3) is 2.16. The summed E-state index contributed by atoms with van der Waals surface area (Å²) in [5.41, 5.74) is 3.31. The quantitative estimate of drug-likeness (QED) is 0.769. The molecule has 0 radical (unpaired) electrons. The lowest BCUT2D eigenvalue weighted by atomic mass is 10.1. The summed E-state index contributed by atoms with van der Waals surface area (Å²) in [7, 11) is 0. The summed E-state index contributed by atoms with van der Waals surface area (Å²) in [6, 6.07) is 13.2. The standard InChI is InChI=1S/C16H14N2O2/c1-10-7-8-14-13(9-10)15(18-20-14)17-16(19)12-6-4-3-5-11(12)2/h3-9H,1-2H3,(H,17,18,19). The number of nitrogens with one attached hydrogen (secondary N) is 1. The summed E-state index contributed by atoms with van der Waals surface area (Å²) in [6.07, 6.45) is 0. The van der Waals surface area contributed by atoms with Crippen LogP contribution in [0.25, 0.3) is 11.0 Å². The van der Waals surface area contributed by atoms with Gasteiger partial charge < -0.3 is 9.84 Å². The summed E-state index contributed by atoms with van der Waals surface area (Å²) in [6.45, 7) is 3.89. The fourth-order valence-corrected chi connectivity index (χ4v) is 2.15. The van der Waals surface area contributed by atoms with Gasteiger partial charge in [0.25, 0.3) is 5.91 Å². The number of rotatable bonds is 2. The SMILES string of the molecule is Cc1ccc2onc(NC(=O)c3ccccc3C)c2c1. The van der Waals surface area contributed by atoms with Gasteiger partial charge in [0.05, 0.1) is 5.39 Å². The molecule has 1 aromatic heterocycles. The zero-order chi connectivity index (χ0) is 14.1. The number of amides is 1. The minimum Gasteiger partial charge on any atom is -0.354 e. The zero-order valence-electron chi connectivity index (χ0n) is 11.3. The molecule has 0 bridgehead atoms. The highest BCUT2D eigenvalue weighted by molar-refractivity contribution is 6.08. The number of benzene rings is 2. The Labute approximate surface area is 116 Å². The van der Waals surface area contributed by atoms with E-state index in [4.69, 9.17) is 4.52 Å². The first kappa shape index (κ1) is 12.4. The zero-order valence-corrected chi connectivity index (χ0v) is 11.3. The van der Waals surface area contributed by atoms with Gasteiger partial charge in [-0.2, -0.15) is 0 Å². The second-order valence-electron chi connectivity index (χ2n) is 4.80. The van der Waals surface area contributed by atoms with Crippen LogP contribution in [0.4, 0.5) is 5.82 Å². The monoisotopic (exact) mass is 266 g/mol. The van der Waals surface area contributed by atoms with Crippen molar-refractivity contribution in [1.82, 2.24) is 5.16 Å². The van der Waals surface area contributed by atoms with Crippen molar-refractivity contribution in [1.29, 1.82) is 0 Å². The molecule has 3 aromatic rings. The van der Waals surface area contributed by atoms with Gasteiger partial charge in [0, 0.05) is 5.56 Å². The summed E-state index contributed by atoms with van der Waals surface area (Å²) in [5, 5.41) is 7.54. The first-order chi connectivity index (χ1) is 9.65. The molecule has 0 atom stereocenters. The van der Waals surface area contributed by atoms with E-state index in [1.807, 2.05) is 50.2 Å². The Morgan fingerprint density at radius 1 is 1.15 bits per heavy atom. The molecule has 20 heavy (non-hydrogen) atoms. The normalized spacial score (nSPS) is 10.7. The van der Waals surface area contributed by atoms with Gasteiger partial charge >= 0.3 is 0 Å². The molecule has 0 fully saturated rings. The van der Waals surface area contributed by atoms with Crippen molar-refractivity contribution in [2.24, 2.45) is 0 Å². The Balaban J connectivity index is 1.96. The Kier molecular flexibility index (Phi) is 2.99. The van der Waals surface area contributed by atoms with Crippen molar-refractivity contribution in [2.75, 3.05) is 5.32 Å². The molecule has 0 aliphatic rings. The molecule has 4 heteroatoms. The van der Waals surface area contributed by atoms with E-state index in [2.05, 4.69) is 10.5 Å². The smallest absolute Gasteiger partial charge is 0.257 e. The molecule has 3 rings (SSSR count). The first-order valence-electron chi connectivity index (χ1n) is 6.38. The van der Waals surface area contributed by atoms with Crippen LogP contribution in [0.5, 0.6) is 0 Å². The summed E-state index contributed by atoms with van der Waals surface area (Å²) in [4.78, 5) is 12.3. The predicted molar refractivity (Wildman–Crippen MR) is 77.9 cm³/mol. The maximum atomic E-state index is 12.3. The van der Waals surface area contributed by atoms with E-state index >= 15 is 0 Å². The molecule has 0 saturated carbocycles. The van der Waals surface area contributed by atoms with Gasteiger partial charge in [-0.3, -0.25) is 4.79 Å². The third-order valence-electron chi connectivity index (χ3n) is 3.25. The topological polar surface area (TPSA) is 55.1 Å². The molecule has 0 unspecified atom stereocenters. The molecule has 1 amide bonds. The first-order valence-corrected chi connectivity index (χ1v) is 6.38. The van der Waals surface area contributed by atoms with Crippen LogP contribution in [0.3, 0.4) is 0 Å². The third-order valence-corrected chi connectivity index (χ3v) is 3.25. The van der Waals surface area contributed by atoms with Crippen molar-refractivity contribution in [3.63, 3.8) is 0 Å². The molecule has 2 aromatic carbocycles.